The first kappa shape index (κ1) is 11.2. The van der Waals surface area contributed by atoms with Crippen molar-refractivity contribution < 1.29 is 4.39 Å². The van der Waals surface area contributed by atoms with E-state index in [1.54, 1.807) is 4.90 Å². The van der Waals surface area contributed by atoms with Gasteiger partial charge in [0.1, 0.15) is 0 Å². The molecule has 14 heavy (non-hydrogen) atoms. The van der Waals surface area contributed by atoms with Crippen LogP contribution in [0, 0.1) is 5.82 Å². The van der Waals surface area contributed by atoms with Gasteiger partial charge in [-0.3, -0.25) is 0 Å². The molecule has 0 unspecified atom stereocenters. The van der Waals surface area contributed by atoms with Crippen molar-refractivity contribution in [2.75, 3.05) is 18.5 Å². The highest BCUT2D eigenvalue weighted by Gasteiger charge is 2.08. The average Bonchev–Trinajstić information content (AvgIpc) is 2.14. The highest BCUT2D eigenvalue weighted by molar-refractivity contribution is 6.30. The van der Waals surface area contributed by atoms with E-state index in [1.165, 1.54) is 12.3 Å². The van der Waals surface area contributed by atoms with Gasteiger partial charge in [-0.1, -0.05) is 24.9 Å². The van der Waals surface area contributed by atoms with Gasteiger partial charge in [0.25, 0.3) is 0 Å². The number of hydrogen-bond acceptors (Lipinski definition) is 2. The fraction of sp³-hybridized carbons (Fsp3) is 0.500. The summed E-state index contributed by atoms with van der Waals surface area (Å²) in [7, 11) is 1.83. The molecular formula is C10H14ClFN2. The minimum Gasteiger partial charge on any atom is -0.357 e. The van der Waals surface area contributed by atoms with Gasteiger partial charge < -0.3 is 4.90 Å². The fourth-order valence-electron chi connectivity index (χ4n) is 1.19. The number of aromatic nitrogens is 1. The molecule has 1 rings (SSSR count). The van der Waals surface area contributed by atoms with Crippen molar-refractivity contribution in [3.8, 4) is 0 Å². The molecule has 0 aliphatic heterocycles. The lowest BCUT2D eigenvalue weighted by Gasteiger charge is -2.17. The third-order valence-corrected chi connectivity index (χ3v) is 2.20. The van der Waals surface area contributed by atoms with E-state index in [4.69, 9.17) is 11.6 Å². The molecule has 0 amide bonds. The van der Waals surface area contributed by atoms with Crippen LogP contribution in [0.3, 0.4) is 0 Å². The van der Waals surface area contributed by atoms with E-state index >= 15 is 0 Å². The molecule has 78 valence electrons. The molecule has 0 aliphatic carbocycles. The zero-order chi connectivity index (χ0) is 10.6. The van der Waals surface area contributed by atoms with Crippen LogP contribution in [0.4, 0.5) is 10.2 Å². The predicted octanol–water partition coefficient (Wildman–Crippen LogP) is 3.11. The smallest absolute Gasteiger partial charge is 0.167 e. The second kappa shape index (κ2) is 5.15. The molecule has 0 aromatic carbocycles. The maximum absolute atomic E-state index is 13.3. The molecule has 2 nitrogen and oxygen atoms in total. The molecule has 0 bridgehead atoms. The molecule has 0 spiro atoms. The van der Waals surface area contributed by atoms with Crippen molar-refractivity contribution >= 4 is 17.4 Å². The van der Waals surface area contributed by atoms with E-state index in [0.717, 1.165) is 19.4 Å². The summed E-state index contributed by atoms with van der Waals surface area (Å²) >= 11 is 5.60. The normalized spacial score (nSPS) is 10.3. The Labute approximate surface area is 88.7 Å². The number of halogens is 2. The van der Waals surface area contributed by atoms with E-state index in [1.807, 2.05) is 7.05 Å². The van der Waals surface area contributed by atoms with Crippen molar-refractivity contribution in [2.45, 2.75) is 19.8 Å². The summed E-state index contributed by atoms with van der Waals surface area (Å²) < 4.78 is 13.3. The first-order valence-corrected chi connectivity index (χ1v) is 5.05. The third kappa shape index (κ3) is 2.84. The molecule has 0 N–H and O–H groups in total. The van der Waals surface area contributed by atoms with Crippen LogP contribution in [-0.2, 0) is 0 Å². The van der Waals surface area contributed by atoms with Gasteiger partial charge in [-0.15, -0.1) is 0 Å². The summed E-state index contributed by atoms with van der Waals surface area (Å²) in [5.41, 5.74) is 0. The molecule has 0 saturated heterocycles. The Balaban J connectivity index is 2.74. The molecule has 4 heteroatoms. The Morgan fingerprint density at radius 3 is 2.86 bits per heavy atom. The van der Waals surface area contributed by atoms with E-state index < -0.39 is 0 Å². The van der Waals surface area contributed by atoms with Gasteiger partial charge in [-0.05, 0) is 12.5 Å². The first-order valence-electron chi connectivity index (χ1n) is 4.67. The molecule has 1 aromatic heterocycles. The molecule has 0 aliphatic rings. The Kier molecular flexibility index (Phi) is 4.14. The second-order valence-corrected chi connectivity index (χ2v) is 3.67. The van der Waals surface area contributed by atoms with Crippen molar-refractivity contribution in [3.05, 3.63) is 23.1 Å². The van der Waals surface area contributed by atoms with Crippen LogP contribution in [0.2, 0.25) is 5.02 Å². The number of pyridine rings is 1. The minimum atomic E-state index is -0.365. The van der Waals surface area contributed by atoms with Crippen LogP contribution in [0.25, 0.3) is 0 Å². The fourth-order valence-corrected chi connectivity index (χ4v) is 1.33. The number of unbranched alkanes of at least 4 members (excludes halogenated alkanes) is 1. The zero-order valence-electron chi connectivity index (χ0n) is 8.43. The number of nitrogens with zero attached hydrogens (tertiary/aromatic N) is 2. The summed E-state index contributed by atoms with van der Waals surface area (Å²) in [5.74, 6) is -0.000969. The Hall–Kier alpha value is -0.830. The topological polar surface area (TPSA) is 16.1 Å². The van der Waals surface area contributed by atoms with E-state index in [9.17, 15) is 4.39 Å². The molecule has 0 fully saturated rings. The van der Waals surface area contributed by atoms with Crippen LogP contribution in [0.5, 0.6) is 0 Å². The number of anilines is 1. The van der Waals surface area contributed by atoms with Gasteiger partial charge in [0.15, 0.2) is 11.6 Å². The van der Waals surface area contributed by atoms with Crippen LogP contribution in [0.15, 0.2) is 12.3 Å². The summed E-state index contributed by atoms with van der Waals surface area (Å²) in [4.78, 5) is 5.75. The summed E-state index contributed by atoms with van der Waals surface area (Å²) in [5, 5.41) is 0.329. The van der Waals surface area contributed by atoms with Crippen LogP contribution in [0.1, 0.15) is 19.8 Å². The SMILES string of the molecule is CCCCN(C)c1ncc(Cl)cc1F. The quantitative estimate of drug-likeness (QED) is 0.769. The van der Waals surface area contributed by atoms with Gasteiger partial charge >= 0.3 is 0 Å². The van der Waals surface area contributed by atoms with Gasteiger partial charge in [-0.25, -0.2) is 9.37 Å². The number of rotatable bonds is 4. The molecule has 1 aromatic rings. The Morgan fingerprint density at radius 1 is 1.57 bits per heavy atom. The first-order chi connectivity index (χ1) is 6.65. The van der Waals surface area contributed by atoms with E-state index in [0.29, 0.717) is 10.8 Å². The van der Waals surface area contributed by atoms with Crippen LogP contribution >= 0.6 is 11.6 Å². The highest BCUT2D eigenvalue weighted by atomic mass is 35.5. The van der Waals surface area contributed by atoms with Crippen LogP contribution < -0.4 is 4.90 Å². The van der Waals surface area contributed by atoms with Crippen molar-refractivity contribution in [2.24, 2.45) is 0 Å². The molecular weight excluding hydrogens is 203 g/mol. The largest absolute Gasteiger partial charge is 0.357 e. The van der Waals surface area contributed by atoms with Crippen molar-refractivity contribution in [1.82, 2.24) is 4.98 Å². The zero-order valence-corrected chi connectivity index (χ0v) is 9.18. The van der Waals surface area contributed by atoms with Gasteiger partial charge in [0.2, 0.25) is 0 Å². The van der Waals surface area contributed by atoms with Crippen molar-refractivity contribution in [3.63, 3.8) is 0 Å². The summed E-state index contributed by atoms with van der Waals surface area (Å²) in [6, 6.07) is 1.28. The Morgan fingerprint density at radius 2 is 2.29 bits per heavy atom. The van der Waals surface area contributed by atoms with E-state index in [2.05, 4.69) is 11.9 Å². The summed E-state index contributed by atoms with van der Waals surface area (Å²) in [6.07, 6.45) is 3.57. The third-order valence-electron chi connectivity index (χ3n) is 2.00. The lowest BCUT2D eigenvalue weighted by Crippen LogP contribution is -2.20. The lowest BCUT2D eigenvalue weighted by atomic mass is 10.3. The monoisotopic (exact) mass is 216 g/mol. The molecule has 0 radical (unpaired) electrons. The maximum atomic E-state index is 13.3. The minimum absolute atomic E-state index is 0.329. The van der Waals surface area contributed by atoms with Crippen LogP contribution in [-0.4, -0.2) is 18.6 Å². The lowest BCUT2D eigenvalue weighted by molar-refractivity contribution is 0.612. The summed E-state index contributed by atoms with van der Waals surface area (Å²) in [6.45, 7) is 2.90. The van der Waals surface area contributed by atoms with Gasteiger partial charge in [0.05, 0.1) is 5.02 Å². The molecule has 0 saturated carbocycles. The van der Waals surface area contributed by atoms with Crippen molar-refractivity contribution in [1.29, 1.82) is 0 Å². The molecule has 1 heterocycles. The second-order valence-electron chi connectivity index (χ2n) is 3.23. The highest BCUT2D eigenvalue weighted by Crippen LogP contribution is 2.18. The molecule has 0 atom stereocenters. The van der Waals surface area contributed by atoms with Gasteiger partial charge in [0, 0.05) is 19.8 Å². The average molecular weight is 217 g/mol. The number of hydrogen-bond donors (Lipinski definition) is 0. The predicted molar refractivity (Wildman–Crippen MR) is 57.4 cm³/mol. The standard InChI is InChI=1S/C10H14ClFN2/c1-3-4-5-14(2)10-9(12)6-8(11)7-13-10/h6-7H,3-5H2,1-2H3. The van der Waals surface area contributed by atoms with E-state index in [-0.39, 0.29) is 5.82 Å². The van der Waals surface area contributed by atoms with Gasteiger partial charge in [-0.2, -0.15) is 0 Å². The Bertz CT molecular complexity index is 304. The maximum Gasteiger partial charge on any atom is 0.167 e.